The highest BCUT2D eigenvalue weighted by Crippen LogP contribution is 2.41. The average Bonchev–Trinajstić information content (AvgIpc) is 2.97. The Morgan fingerprint density at radius 1 is 1.00 bits per heavy atom. The molecule has 41 heavy (non-hydrogen) atoms. The SMILES string of the molecule is COc1cc(OC)c(S(=O)(=O)N2CCC[C@@](COc3ccc(Cl)cc3)(CC(=O)N(C)Cc3ccccc3)C2)cc1Cl. The highest BCUT2D eigenvalue weighted by Gasteiger charge is 2.43. The number of methoxy groups -OCH3 is 2. The molecule has 1 saturated heterocycles. The maximum absolute atomic E-state index is 14.0. The average molecular weight is 622 g/mol. The van der Waals surface area contributed by atoms with Gasteiger partial charge in [0.15, 0.2) is 0 Å². The second kappa shape index (κ2) is 13.3. The number of nitrogens with zero attached hydrogens (tertiary/aromatic N) is 2. The number of sulfonamides is 1. The maximum Gasteiger partial charge on any atom is 0.246 e. The Morgan fingerprint density at radius 3 is 2.34 bits per heavy atom. The zero-order valence-electron chi connectivity index (χ0n) is 23.3. The van der Waals surface area contributed by atoms with E-state index in [2.05, 4.69) is 0 Å². The van der Waals surface area contributed by atoms with Gasteiger partial charge in [-0.25, -0.2) is 8.42 Å². The lowest BCUT2D eigenvalue weighted by atomic mass is 9.78. The number of carbonyl (C=O) groups is 1. The summed E-state index contributed by atoms with van der Waals surface area (Å²) in [5.41, 5.74) is 0.224. The molecule has 1 heterocycles. The third-order valence-corrected chi connectivity index (χ3v) is 9.67. The maximum atomic E-state index is 14.0. The van der Waals surface area contributed by atoms with Crippen molar-refractivity contribution in [2.24, 2.45) is 5.41 Å². The van der Waals surface area contributed by atoms with Crippen LogP contribution in [0, 0.1) is 5.41 Å². The van der Waals surface area contributed by atoms with Gasteiger partial charge >= 0.3 is 0 Å². The van der Waals surface area contributed by atoms with Crippen LogP contribution in [0.15, 0.2) is 71.6 Å². The highest BCUT2D eigenvalue weighted by atomic mass is 35.5. The Labute approximate surface area is 251 Å². The number of hydrogen-bond donors (Lipinski definition) is 0. The summed E-state index contributed by atoms with van der Waals surface area (Å²) >= 11 is 12.3. The van der Waals surface area contributed by atoms with E-state index in [0.717, 1.165) is 5.56 Å². The van der Waals surface area contributed by atoms with Crippen LogP contribution in [-0.4, -0.2) is 64.5 Å². The zero-order valence-corrected chi connectivity index (χ0v) is 25.6. The van der Waals surface area contributed by atoms with Gasteiger partial charge in [0.25, 0.3) is 0 Å². The number of ether oxygens (including phenoxy) is 3. The predicted molar refractivity (Wildman–Crippen MR) is 159 cm³/mol. The fraction of sp³-hybridized carbons (Fsp3) is 0.367. The number of benzene rings is 3. The number of hydrogen-bond acceptors (Lipinski definition) is 6. The second-order valence-electron chi connectivity index (χ2n) is 10.2. The molecule has 1 fully saturated rings. The highest BCUT2D eigenvalue weighted by molar-refractivity contribution is 7.89. The molecule has 1 aliphatic rings. The summed E-state index contributed by atoms with van der Waals surface area (Å²) in [6, 6.07) is 19.5. The van der Waals surface area contributed by atoms with Crippen LogP contribution in [0.3, 0.4) is 0 Å². The standard InChI is InChI=1S/C30H34Cl2N2O6S/c1-33(19-22-8-5-4-6-9-22)29(35)18-30(21-40-24-12-10-23(31)11-13-24)14-7-15-34(20-30)41(36,37)28-16-25(32)26(38-2)17-27(28)39-3/h4-6,8-13,16-17H,7,14-15,18-21H2,1-3H3/t30-/m1/s1. The molecule has 0 radical (unpaired) electrons. The Kier molecular flexibility index (Phi) is 10.1. The third kappa shape index (κ3) is 7.46. The van der Waals surface area contributed by atoms with Crippen LogP contribution < -0.4 is 14.2 Å². The molecule has 1 amide bonds. The van der Waals surface area contributed by atoms with Crippen molar-refractivity contribution >= 4 is 39.1 Å². The van der Waals surface area contributed by atoms with Crippen molar-refractivity contribution in [2.75, 3.05) is 41.0 Å². The van der Waals surface area contributed by atoms with E-state index in [0.29, 0.717) is 35.9 Å². The number of rotatable bonds is 11. The molecular formula is C30H34Cl2N2O6S. The first-order valence-electron chi connectivity index (χ1n) is 13.1. The van der Waals surface area contributed by atoms with E-state index in [4.69, 9.17) is 37.4 Å². The number of carbonyl (C=O) groups excluding carboxylic acids is 1. The summed E-state index contributed by atoms with van der Waals surface area (Å²) in [5.74, 6) is 0.915. The fourth-order valence-electron chi connectivity index (χ4n) is 5.02. The van der Waals surface area contributed by atoms with E-state index in [1.54, 1.807) is 36.2 Å². The fourth-order valence-corrected chi connectivity index (χ4v) is 7.21. The molecule has 0 N–H and O–H groups in total. The predicted octanol–water partition coefficient (Wildman–Crippen LogP) is 5.91. The van der Waals surface area contributed by atoms with Gasteiger partial charge in [-0.05, 0) is 48.7 Å². The lowest BCUT2D eigenvalue weighted by Gasteiger charge is -2.42. The van der Waals surface area contributed by atoms with Crippen LogP contribution in [0.1, 0.15) is 24.8 Å². The van der Waals surface area contributed by atoms with Gasteiger partial charge < -0.3 is 19.1 Å². The first-order valence-corrected chi connectivity index (χ1v) is 15.3. The number of amides is 1. The second-order valence-corrected chi connectivity index (χ2v) is 13.0. The van der Waals surface area contributed by atoms with Crippen LogP contribution in [-0.2, 0) is 21.4 Å². The molecule has 4 rings (SSSR count). The van der Waals surface area contributed by atoms with Crippen molar-refractivity contribution < 1.29 is 27.4 Å². The lowest BCUT2D eigenvalue weighted by molar-refractivity contribution is -0.134. The molecule has 11 heteroatoms. The first-order chi connectivity index (χ1) is 19.6. The zero-order chi connectivity index (χ0) is 29.6. The molecule has 1 aliphatic heterocycles. The van der Waals surface area contributed by atoms with Crippen LogP contribution >= 0.6 is 23.2 Å². The van der Waals surface area contributed by atoms with Gasteiger partial charge in [0.05, 0.1) is 25.8 Å². The molecule has 0 aliphatic carbocycles. The van der Waals surface area contributed by atoms with Gasteiger partial charge in [0.2, 0.25) is 15.9 Å². The molecule has 0 bridgehead atoms. The summed E-state index contributed by atoms with van der Waals surface area (Å²) in [6.45, 7) is 0.954. The van der Waals surface area contributed by atoms with E-state index in [9.17, 15) is 13.2 Å². The summed E-state index contributed by atoms with van der Waals surface area (Å²) in [5, 5.41) is 0.728. The minimum Gasteiger partial charge on any atom is -0.495 e. The van der Waals surface area contributed by atoms with Crippen molar-refractivity contribution in [3.05, 3.63) is 82.3 Å². The normalized spacial score (nSPS) is 17.6. The van der Waals surface area contributed by atoms with E-state index in [1.807, 2.05) is 30.3 Å². The Balaban J connectivity index is 1.63. The van der Waals surface area contributed by atoms with Crippen molar-refractivity contribution in [3.63, 3.8) is 0 Å². The quantitative estimate of drug-likeness (QED) is 0.265. The molecule has 0 aromatic heterocycles. The van der Waals surface area contributed by atoms with Gasteiger partial charge in [-0.3, -0.25) is 4.79 Å². The van der Waals surface area contributed by atoms with E-state index in [-0.39, 0.29) is 47.7 Å². The molecule has 0 saturated carbocycles. The van der Waals surface area contributed by atoms with Crippen LogP contribution in [0.4, 0.5) is 0 Å². The Hall–Kier alpha value is -2.98. The third-order valence-electron chi connectivity index (χ3n) is 7.26. The van der Waals surface area contributed by atoms with Crippen molar-refractivity contribution in [1.29, 1.82) is 0 Å². The van der Waals surface area contributed by atoms with E-state index < -0.39 is 15.4 Å². The largest absolute Gasteiger partial charge is 0.495 e. The van der Waals surface area contributed by atoms with Gasteiger partial charge in [0, 0.05) is 49.6 Å². The molecule has 3 aromatic rings. The first kappa shape index (κ1) is 31.0. The Morgan fingerprint density at radius 2 is 1.68 bits per heavy atom. The minimum atomic E-state index is -4.05. The molecule has 220 valence electrons. The van der Waals surface area contributed by atoms with Crippen LogP contribution in [0.2, 0.25) is 10.0 Å². The summed E-state index contributed by atoms with van der Waals surface area (Å²) in [7, 11) is 0.546. The molecule has 3 aromatic carbocycles. The topological polar surface area (TPSA) is 85.4 Å². The van der Waals surface area contributed by atoms with E-state index >= 15 is 0 Å². The summed E-state index contributed by atoms with van der Waals surface area (Å²) < 4.78 is 46.1. The molecule has 8 nitrogen and oxygen atoms in total. The van der Waals surface area contributed by atoms with Crippen molar-refractivity contribution in [1.82, 2.24) is 9.21 Å². The number of piperidine rings is 1. The Bertz CT molecular complexity index is 1450. The lowest BCUT2D eigenvalue weighted by Crippen LogP contribution is -2.50. The smallest absolute Gasteiger partial charge is 0.246 e. The van der Waals surface area contributed by atoms with Crippen LogP contribution in [0.5, 0.6) is 17.2 Å². The molecule has 0 unspecified atom stereocenters. The van der Waals surface area contributed by atoms with Gasteiger partial charge in [-0.2, -0.15) is 4.31 Å². The van der Waals surface area contributed by atoms with E-state index in [1.165, 1.54) is 30.7 Å². The summed E-state index contributed by atoms with van der Waals surface area (Å²) in [6.07, 6.45) is 1.26. The molecule has 1 atom stereocenters. The minimum absolute atomic E-state index is 0.0623. The monoisotopic (exact) mass is 620 g/mol. The number of halogens is 2. The van der Waals surface area contributed by atoms with Gasteiger partial charge in [-0.15, -0.1) is 0 Å². The molecular weight excluding hydrogens is 587 g/mol. The van der Waals surface area contributed by atoms with Crippen molar-refractivity contribution in [2.45, 2.75) is 30.7 Å². The molecule has 0 spiro atoms. The van der Waals surface area contributed by atoms with Crippen LogP contribution in [0.25, 0.3) is 0 Å². The van der Waals surface area contributed by atoms with Crippen molar-refractivity contribution in [3.8, 4) is 17.2 Å². The van der Waals surface area contributed by atoms with Gasteiger partial charge in [0.1, 0.15) is 22.1 Å². The van der Waals surface area contributed by atoms with Gasteiger partial charge in [-0.1, -0.05) is 53.5 Å². The summed E-state index contributed by atoms with van der Waals surface area (Å²) in [4.78, 5) is 15.2.